The molecule has 0 spiro atoms. The van der Waals surface area contributed by atoms with Crippen molar-refractivity contribution in [1.82, 2.24) is 5.32 Å². The zero-order chi connectivity index (χ0) is 13.3. The van der Waals surface area contributed by atoms with Crippen molar-refractivity contribution in [2.45, 2.75) is 31.9 Å². The SMILES string of the molecule is CC(C)(CN)NC(=O)C1Cc2cc(Cl)ccc2O1.Cl. The second-order valence-corrected chi connectivity index (χ2v) is 5.58. The summed E-state index contributed by atoms with van der Waals surface area (Å²) in [6.07, 6.45) is 0.0480. The number of benzene rings is 1. The molecule has 1 heterocycles. The lowest BCUT2D eigenvalue weighted by atomic mass is 10.0. The van der Waals surface area contributed by atoms with Crippen LogP contribution in [0.3, 0.4) is 0 Å². The molecule has 1 atom stereocenters. The van der Waals surface area contributed by atoms with Gasteiger partial charge in [-0.15, -0.1) is 12.4 Å². The Bertz CT molecular complexity index is 478. The fourth-order valence-electron chi connectivity index (χ4n) is 1.83. The van der Waals surface area contributed by atoms with Crippen LogP contribution < -0.4 is 15.8 Å². The number of fused-ring (bicyclic) bond motifs is 1. The maximum atomic E-state index is 12.0. The Labute approximate surface area is 124 Å². The smallest absolute Gasteiger partial charge is 0.261 e. The summed E-state index contributed by atoms with van der Waals surface area (Å²) in [6, 6.07) is 5.38. The summed E-state index contributed by atoms with van der Waals surface area (Å²) in [5, 5.41) is 3.53. The second kappa shape index (κ2) is 5.99. The van der Waals surface area contributed by atoms with Crippen molar-refractivity contribution in [2.24, 2.45) is 5.73 Å². The molecule has 0 aliphatic carbocycles. The summed E-state index contributed by atoms with van der Waals surface area (Å²) in [5.41, 5.74) is 6.13. The third-order valence-electron chi connectivity index (χ3n) is 2.96. The summed E-state index contributed by atoms with van der Waals surface area (Å²) in [4.78, 5) is 12.0. The number of hydrogen-bond acceptors (Lipinski definition) is 3. The summed E-state index contributed by atoms with van der Waals surface area (Å²) < 4.78 is 5.60. The Kier molecular flexibility index (Phi) is 5.07. The molecule has 4 nitrogen and oxygen atoms in total. The Morgan fingerprint density at radius 1 is 1.58 bits per heavy atom. The van der Waals surface area contributed by atoms with Gasteiger partial charge in [-0.05, 0) is 37.6 Å². The van der Waals surface area contributed by atoms with Gasteiger partial charge in [0.05, 0.1) is 0 Å². The molecule has 19 heavy (non-hydrogen) atoms. The van der Waals surface area contributed by atoms with E-state index >= 15 is 0 Å². The minimum absolute atomic E-state index is 0. The molecule has 1 aliphatic heterocycles. The van der Waals surface area contributed by atoms with Crippen molar-refractivity contribution in [2.75, 3.05) is 6.54 Å². The zero-order valence-corrected chi connectivity index (χ0v) is 12.5. The highest BCUT2D eigenvalue weighted by molar-refractivity contribution is 6.30. The lowest BCUT2D eigenvalue weighted by molar-refractivity contribution is -0.128. The molecule has 1 aromatic rings. The molecule has 0 saturated carbocycles. The summed E-state index contributed by atoms with van der Waals surface area (Å²) in [7, 11) is 0. The molecule has 3 N–H and O–H groups in total. The summed E-state index contributed by atoms with van der Waals surface area (Å²) in [6.45, 7) is 4.14. The van der Waals surface area contributed by atoms with Crippen LogP contribution in [0.1, 0.15) is 19.4 Å². The minimum Gasteiger partial charge on any atom is -0.480 e. The maximum Gasteiger partial charge on any atom is 0.261 e. The average Bonchev–Trinajstić information content (AvgIpc) is 2.71. The van der Waals surface area contributed by atoms with Crippen molar-refractivity contribution in [1.29, 1.82) is 0 Å². The highest BCUT2D eigenvalue weighted by atomic mass is 35.5. The first-order valence-corrected chi connectivity index (χ1v) is 6.26. The van der Waals surface area contributed by atoms with Gasteiger partial charge >= 0.3 is 0 Å². The average molecular weight is 305 g/mol. The highest BCUT2D eigenvalue weighted by Gasteiger charge is 2.31. The van der Waals surface area contributed by atoms with E-state index in [1.807, 2.05) is 19.9 Å². The monoisotopic (exact) mass is 304 g/mol. The van der Waals surface area contributed by atoms with Crippen molar-refractivity contribution in [3.8, 4) is 5.75 Å². The van der Waals surface area contributed by atoms with Crippen molar-refractivity contribution < 1.29 is 9.53 Å². The highest BCUT2D eigenvalue weighted by Crippen LogP contribution is 2.31. The van der Waals surface area contributed by atoms with Gasteiger partial charge in [0.15, 0.2) is 6.10 Å². The first kappa shape index (κ1) is 16.1. The van der Waals surface area contributed by atoms with Gasteiger partial charge in [-0.2, -0.15) is 0 Å². The minimum atomic E-state index is -0.496. The number of ether oxygens (including phenoxy) is 1. The van der Waals surface area contributed by atoms with Crippen molar-refractivity contribution in [3.05, 3.63) is 28.8 Å². The Hall–Kier alpha value is -0.970. The molecule has 0 radical (unpaired) electrons. The topological polar surface area (TPSA) is 64.3 Å². The van der Waals surface area contributed by atoms with E-state index < -0.39 is 11.6 Å². The standard InChI is InChI=1S/C13H17ClN2O2.ClH/c1-13(2,7-15)16-12(17)11-6-8-5-9(14)3-4-10(8)18-11;/h3-5,11H,6-7,15H2,1-2H3,(H,16,17);1H. The number of carbonyl (C=O) groups is 1. The van der Waals surface area contributed by atoms with Crippen LogP contribution in [0.25, 0.3) is 0 Å². The van der Waals surface area contributed by atoms with Crippen molar-refractivity contribution >= 4 is 29.9 Å². The predicted octanol–water partition coefficient (Wildman–Crippen LogP) is 1.92. The van der Waals surface area contributed by atoms with Crippen LogP contribution in [-0.4, -0.2) is 24.1 Å². The summed E-state index contributed by atoms with van der Waals surface area (Å²) in [5.74, 6) is 0.586. The van der Waals surface area contributed by atoms with Crippen LogP contribution >= 0.6 is 24.0 Å². The van der Waals surface area contributed by atoms with Gasteiger partial charge in [0.1, 0.15) is 5.75 Å². The van der Waals surface area contributed by atoms with Crippen molar-refractivity contribution in [3.63, 3.8) is 0 Å². The molecule has 0 fully saturated rings. The molecule has 106 valence electrons. The second-order valence-electron chi connectivity index (χ2n) is 5.14. The number of carbonyl (C=O) groups excluding carboxylic acids is 1. The number of nitrogens with two attached hydrogens (primary N) is 1. The van der Waals surface area contributed by atoms with Gasteiger partial charge < -0.3 is 15.8 Å². The van der Waals surface area contributed by atoms with E-state index in [1.54, 1.807) is 12.1 Å². The fourth-order valence-corrected chi connectivity index (χ4v) is 2.02. The van der Waals surface area contributed by atoms with Gasteiger partial charge in [0, 0.05) is 23.5 Å². The largest absolute Gasteiger partial charge is 0.480 e. The van der Waals surface area contributed by atoms with Gasteiger partial charge in [-0.3, -0.25) is 4.79 Å². The van der Waals surface area contributed by atoms with Gasteiger partial charge in [0.25, 0.3) is 5.91 Å². The molecule has 0 aromatic heterocycles. The zero-order valence-electron chi connectivity index (χ0n) is 10.9. The maximum absolute atomic E-state index is 12.0. The van der Waals surface area contributed by atoms with E-state index in [1.165, 1.54) is 0 Å². The number of hydrogen-bond donors (Lipinski definition) is 2. The van der Waals surface area contributed by atoms with Crippen LogP contribution in [0.15, 0.2) is 18.2 Å². The summed E-state index contributed by atoms with van der Waals surface area (Å²) >= 11 is 5.91. The molecular weight excluding hydrogens is 287 g/mol. The number of nitrogens with one attached hydrogen (secondary N) is 1. The third kappa shape index (κ3) is 3.75. The lowest BCUT2D eigenvalue weighted by Gasteiger charge is -2.25. The van der Waals surface area contributed by atoms with Crippen LogP contribution in [-0.2, 0) is 11.2 Å². The molecule has 1 aromatic carbocycles. The Morgan fingerprint density at radius 3 is 2.89 bits per heavy atom. The quantitative estimate of drug-likeness (QED) is 0.897. The fraction of sp³-hybridized carbons (Fsp3) is 0.462. The molecule has 6 heteroatoms. The molecule has 0 saturated heterocycles. The van der Waals surface area contributed by atoms with E-state index in [4.69, 9.17) is 22.1 Å². The first-order valence-electron chi connectivity index (χ1n) is 5.88. The number of halogens is 2. The molecular formula is C13H18Cl2N2O2. The molecule has 1 unspecified atom stereocenters. The lowest BCUT2D eigenvalue weighted by Crippen LogP contribution is -2.52. The molecule has 0 bridgehead atoms. The molecule has 2 rings (SSSR count). The van der Waals surface area contributed by atoms with Gasteiger partial charge in [-0.1, -0.05) is 11.6 Å². The van der Waals surface area contributed by atoms with E-state index in [0.717, 1.165) is 11.3 Å². The van der Waals surface area contributed by atoms with E-state index in [2.05, 4.69) is 5.32 Å². The van der Waals surface area contributed by atoms with E-state index in [0.29, 0.717) is 18.0 Å². The Balaban J connectivity index is 0.00000180. The van der Waals surface area contributed by atoms with Crippen LogP contribution in [0.2, 0.25) is 5.02 Å². The predicted molar refractivity (Wildman–Crippen MR) is 78.1 cm³/mol. The normalized spacial score (nSPS) is 17.2. The molecule has 1 aliphatic rings. The number of amides is 1. The number of rotatable bonds is 3. The van der Waals surface area contributed by atoms with E-state index in [9.17, 15) is 4.79 Å². The third-order valence-corrected chi connectivity index (χ3v) is 3.20. The van der Waals surface area contributed by atoms with Gasteiger partial charge in [-0.25, -0.2) is 0 Å². The van der Waals surface area contributed by atoms with Crippen LogP contribution in [0, 0.1) is 0 Å². The van der Waals surface area contributed by atoms with Crippen LogP contribution in [0.4, 0.5) is 0 Å². The van der Waals surface area contributed by atoms with Crippen LogP contribution in [0.5, 0.6) is 5.75 Å². The van der Waals surface area contributed by atoms with E-state index in [-0.39, 0.29) is 18.3 Å². The Morgan fingerprint density at radius 2 is 2.26 bits per heavy atom. The molecule has 1 amide bonds. The van der Waals surface area contributed by atoms with Gasteiger partial charge in [0.2, 0.25) is 0 Å². The first-order chi connectivity index (χ1) is 8.41.